The Hall–Kier alpha value is -2.80. The molecule has 1 fully saturated rings. The molecule has 3 aromatic rings. The van der Waals surface area contributed by atoms with E-state index in [-0.39, 0.29) is 5.56 Å². The number of nitrogens with zero attached hydrogens (tertiary/aromatic N) is 3. The van der Waals surface area contributed by atoms with Crippen LogP contribution < -0.4 is 0 Å². The van der Waals surface area contributed by atoms with Gasteiger partial charge in [0.2, 0.25) is 0 Å². The van der Waals surface area contributed by atoms with Crippen LogP contribution in [0.5, 0.6) is 0 Å². The molecule has 174 valence electrons. The molecule has 1 aliphatic rings. The van der Waals surface area contributed by atoms with Gasteiger partial charge in [-0.2, -0.15) is 4.99 Å². The Morgan fingerprint density at radius 1 is 1.12 bits per heavy atom. The molecule has 2 aromatic carbocycles. The maximum absolute atomic E-state index is 13.9. The highest BCUT2D eigenvalue weighted by atomic mass is 32.1. The third kappa shape index (κ3) is 5.58. The van der Waals surface area contributed by atoms with Crippen LogP contribution in [0.25, 0.3) is 0 Å². The van der Waals surface area contributed by atoms with Gasteiger partial charge in [-0.05, 0) is 68.9 Å². The molecule has 0 amide bonds. The van der Waals surface area contributed by atoms with Gasteiger partial charge in [-0.3, -0.25) is 0 Å². The van der Waals surface area contributed by atoms with Crippen molar-refractivity contribution in [1.82, 2.24) is 9.88 Å². The average molecular weight is 470 g/mol. The van der Waals surface area contributed by atoms with E-state index in [9.17, 15) is 8.78 Å². The van der Waals surface area contributed by atoms with Crippen LogP contribution in [0.15, 0.2) is 46.8 Å². The number of ether oxygens (including phenoxy) is 1. The number of thiazole rings is 1. The molecule has 0 saturated carbocycles. The summed E-state index contributed by atoms with van der Waals surface area (Å²) < 4.78 is 33.4. The molecule has 7 heteroatoms. The summed E-state index contributed by atoms with van der Waals surface area (Å²) in [6.07, 6.45) is 2.77. The molecule has 0 unspecified atom stereocenters. The van der Waals surface area contributed by atoms with Gasteiger partial charge in [0.1, 0.15) is 11.6 Å². The first-order valence-electron chi connectivity index (χ1n) is 11.3. The van der Waals surface area contributed by atoms with Crippen molar-refractivity contribution >= 4 is 23.0 Å². The predicted molar refractivity (Wildman–Crippen MR) is 129 cm³/mol. The molecule has 4 rings (SSSR count). The minimum atomic E-state index is -0.491. The monoisotopic (exact) mass is 469 g/mol. The quantitative estimate of drug-likeness (QED) is 0.323. The van der Waals surface area contributed by atoms with Gasteiger partial charge in [-0.25, -0.2) is 13.8 Å². The molecule has 0 N–H and O–H groups in total. The molecule has 1 aliphatic heterocycles. The van der Waals surface area contributed by atoms with E-state index < -0.39 is 11.6 Å². The Morgan fingerprint density at radius 3 is 2.55 bits per heavy atom. The van der Waals surface area contributed by atoms with Crippen LogP contribution in [0.1, 0.15) is 46.2 Å². The predicted octanol–water partition coefficient (Wildman–Crippen LogP) is 6.34. The van der Waals surface area contributed by atoms with Gasteiger partial charge in [0.25, 0.3) is 6.02 Å². The van der Waals surface area contributed by atoms with Crippen molar-refractivity contribution in [2.24, 2.45) is 4.99 Å². The summed E-state index contributed by atoms with van der Waals surface area (Å²) in [6.45, 7) is 5.80. The minimum Gasteiger partial charge on any atom is -0.468 e. The highest BCUT2D eigenvalue weighted by Crippen LogP contribution is 2.31. The summed E-state index contributed by atoms with van der Waals surface area (Å²) in [5.41, 5.74) is 4.26. The normalized spacial score (nSPS) is 15.2. The van der Waals surface area contributed by atoms with Gasteiger partial charge in [-0.1, -0.05) is 18.2 Å². The van der Waals surface area contributed by atoms with Crippen LogP contribution in [0.2, 0.25) is 0 Å². The summed E-state index contributed by atoms with van der Waals surface area (Å²) in [5.74, 6) is -0.604. The van der Waals surface area contributed by atoms with Crippen LogP contribution in [-0.4, -0.2) is 36.1 Å². The number of piperidine rings is 1. The maximum Gasteiger partial charge on any atom is 0.292 e. The average Bonchev–Trinajstić information content (AvgIpc) is 3.28. The van der Waals surface area contributed by atoms with Crippen LogP contribution in [-0.2, 0) is 17.6 Å². The molecule has 1 saturated heterocycles. The van der Waals surface area contributed by atoms with E-state index in [4.69, 9.17) is 14.7 Å². The van der Waals surface area contributed by atoms with Crippen LogP contribution in [0.3, 0.4) is 0 Å². The second-order valence-electron chi connectivity index (χ2n) is 8.53. The van der Waals surface area contributed by atoms with Crippen molar-refractivity contribution in [3.8, 4) is 0 Å². The summed E-state index contributed by atoms with van der Waals surface area (Å²) in [4.78, 5) is 11.7. The maximum atomic E-state index is 13.9. The fourth-order valence-corrected chi connectivity index (χ4v) is 5.18. The van der Waals surface area contributed by atoms with E-state index in [0.717, 1.165) is 47.9 Å². The van der Waals surface area contributed by atoms with Gasteiger partial charge in [0.15, 0.2) is 0 Å². The van der Waals surface area contributed by atoms with Crippen LogP contribution >= 0.6 is 11.3 Å². The lowest BCUT2D eigenvalue weighted by Gasteiger charge is -2.32. The zero-order valence-electron chi connectivity index (χ0n) is 19.3. The van der Waals surface area contributed by atoms with Gasteiger partial charge in [0, 0.05) is 30.0 Å². The number of likely N-dealkylation sites (tertiary alicyclic amines) is 1. The first-order chi connectivity index (χ1) is 15.9. The fourth-order valence-electron chi connectivity index (χ4n) is 4.16. The van der Waals surface area contributed by atoms with Crippen molar-refractivity contribution in [1.29, 1.82) is 0 Å². The molecule has 0 aliphatic carbocycles. The number of aromatic nitrogens is 1. The highest BCUT2D eigenvalue weighted by Gasteiger charge is 2.25. The number of methoxy groups -OCH3 is 1. The smallest absolute Gasteiger partial charge is 0.292 e. The van der Waals surface area contributed by atoms with Crippen molar-refractivity contribution in [2.75, 3.05) is 20.2 Å². The second-order valence-corrected chi connectivity index (χ2v) is 9.42. The van der Waals surface area contributed by atoms with E-state index in [2.05, 4.69) is 36.9 Å². The lowest BCUT2D eigenvalue weighted by molar-refractivity contribution is 0.239. The number of benzene rings is 2. The largest absolute Gasteiger partial charge is 0.468 e. The third-order valence-corrected chi connectivity index (χ3v) is 7.20. The van der Waals surface area contributed by atoms with Crippen molar-refractivity contribution < 1.29 is 13.5 Å². The number of aliphatic imine (C=N–C) groups is 1. The molecule has 0 bridgehead atoms. The van der Waals surface area contributed by atoms with E-state index in [1.165, 1.54) is 23.8 Å². The molecule has 33 heavy (non-hydrogen) atoms. The summed E-state index contributed by atoms with van der Waals surface area (Å²) in [6, 6.07) is 10.9. The number of hydrogen-bond acceptors (Lipinski definition) is 4. The number of halogens is 2. The standard InChI is InChI=1S/C26H29F2N3OS/c1-17-7-8-18(2)24(15-17)30-26(32-3)31-13-11-19(12-14-31)25-29-20(16-33-25)9-10-21-22(27)5-4-6-23(21)28/h4-8,15-16,19H,9-14H2,1-3H3. The summed E-state index contributed by atoms with van der Waals surface area (Å²) in [5, 5.41) is 3.12. The highest BCUT2D eigenvalue weighted by molar-refractivity contribution is 7.09. The minimum absolute atomic E-state index is 0.135. The summed E-state index contributed by atoms with van der Waals surface area (Å²) >= 11 is 1.64. The summed E-state index contributed by atoms with van der Waals surface area (Å²) in [7, 11) is 1.67. The first kappa shape index (κ1) is 23.4. The Kier molecular flexibility index (Phi) is 7.38. The molecule has 0 radical (unpaired) electrons. The molecule has 4 nitrogen and oxygen atoms in total. The van der Waals surface area contributed by atoms with Gasteiger partial charge in [-0.15, -0.1) is 11.3 Å². The molecule has 0 atom stereocenters. The first-order valence-corrected chi connectivity index (χ1v) is 12.1. The SMILES string of the molecule is COC(=Nc1cc(C)ccc1C)N1CCC(c2nc(CCc3c(F)cccc3F)cs2)CC1. The van der Waals surface area contributed by atoms with E-state index in [0.29, 0.717) is 24.8 Å². The van der Waals surface area contributed by atoms with Crippen LogP contribution in [0, 0.1) is 25.5 Å². The Bertz CT molecular complexity index is 1120. The molecule has 2 heterocycles. The lowest BCUT2D eigenvalue weighted by Crippen LogP contribution is -2.38. The molecule has 0 spiro atoms. The van der Waals surface area contributed by atoms with E-state index in [1.54, 1.807) is 18.4 Å². The second kappa shape index (κ2) is 10.4. The Labute approximate surface area is 198 Å². The molecule has 1 aromatic heterocycles. The number of aryl methyl sites for hydroxylation is 3. The van der Waals surface area contributed by atoms with Gasteiger partial charge >= 0.3 is 0 Å². The van der Waals surface area contributed by atoms with Crippen LogP contribution in [0.4, 0.5) is 14.5 Å². The number of hydrogen-bond donors (Lipinski definition) is 0. The number of amidine groups is 1. The Morgan fingerprint density at radius 2 is 1.85 bits per heavy atom. The molecular formula is C26H29F2N3OS. The number of rotatable bonds is 5. The molecular weight excluding hydrogens is 440 g/mol. The van der Waals surface area contributed by atoms with Gasteiger partial charge in [0.05, 0.1) is 23.5 Å². The lowest BCUT2D eigenvalue weighted by atomic mass is 9.98. The van der Waals surface area contributed by atoms with Crippen molar-refractivity contribution in [3.63, 3.8) is 0 Å². The van der Waals surface area contributed by atoms with Gasteiger partial charge < -0.3 is 9.64 Å². The zero-order valence-corrected chi connectivity index (χ0v) is 20.1. The Balaban J connectivity index is 1.36. The van der Waals surface area contributed by atoms with E-state index in [1.807, 2.05) is 5.38 Å². The fraction of sp³-hybridized carbons (Fsp3) is 0.385. The third-order valence-electron chi connectivity index (χ3n) is 6.14. The zero-order chi connectivity index (χ0) is 23.4. The van der Waals surface area contributed by atoms with Crippen molar-refractivity contribution in [2.45, 2.75) is 45.4 Å². The van der Waals surface area contributed by atoms with Crippen molar-refractivity contribution in [3.05, 3.63) is 80.8 Å². The van der Waals surface area contributed by atoms with E-state index >= 15 is 0 Å². The topological polar surface area (TPSA) is 37.7 Å².